The number of rotatable bonds is 6. The van der Waals surface area contributed by atoms with Gasteiger partial charge in [-0.05, 0) is 24.5 Å². The number of hydrogen-bond donors (Lipinski definition) is 2. The molecule has 0 amide bonds. The van der Waals surface area contributed by atoms with E-state index in [0.717, 1.165) is 62.8 Å². The summed E-state index contributed by atoms with van der Waals surface area (Å²) in [6, 6.07) is 8.48. The van der Waals surface area contributed by atoms with Crippen molar-refractivity contribution in [2.45, 2.75) is 38.4 Å². The lowest BCUT2D eigenvalue weighted by atomic mass is 9.92. The number of fused-ring (bicyclic) bond motifs is 1. The minimum Gasteiger partial charge on any atom is -0.381 e. The Morgan fingerprint density at radius 2 is 2.31 bits per heavy atom. The minimum atomic E-state index is 0.339. The monoisotopic (exact) mass is 374 g/mol. The third-order valence-electron chi connectivity index (χ3n) is 5.66. The highest BCUT2D eigenvalue weighted by atomic mass is 35.5. The van der Waals surface area contributed by atoms with Gasteiger partial charge in [-0.1, -0.05) is 29.8 Å². The maximum atomic E-state index is 6.41. The average molecular weight is 375 g/mol. The first kappa shape index (κ1) is 18.0. The highest BCUT2D eigenvalue weighted by molar-refractivity contribution is 6.31. The van der Waals surface area contributed by atoms with Crippen LogP contribution in [0.3, 0.4) is 0 Å². The number of nitrogens with one attached hydrogen (secondary N) is 2. The van der Waals surface area contributed by atoms with Crippen molar-refractivity contribution in [3.05, 3.63) is 51.8 Å². The molecule has 0 bridgehead atoms. The van der Waals surface area contributed by atoms with Crippen LogP contribution in [0.4, 0.5) is 0 Å². The molecule has 4 rings (SSSR count). The fraction of sp³-hybridized carbons (Fsp3) is 0.550. The first-order valence-corrected chi connectivity index (χ1v) is 9.89. The van der Waals surface area contributed by atoms with Crippen LogP contribution in [-0.4, -0.2) is 35.6 Å². The zero-order chi connectivity index (χ0) is 17.9. The quantitative estimate of drug-likeness (QED) is 0.815. The molecule has 1 fully saturated rings. The molecule has 0 aliphatic carbocycles. The fourth-order valence-electron chi connectivity index (χ4n) is 4.15. The van der Waals surface area contributed by atoms with Gasteiger partial charge in [0.25, 0.3) is 0 Å². The van der Waals surface area contributed by atoms with Gasteiger partial charge in [-0.3, -0.25) is 4.68 Å². The van der Waals surface area contributed by atoms with Gasteiger partial charge in [0.2, 0.25) is 0 Å². The third-order valence-corrected chi connectivity index (χ3v) is 6.03. The molecule has 1 aromatic heterocycles. The van der Waals surface area contributed by atoms with Crippen LogP contribution in [0.5, 0.6) is 0 Å². The minimum absolute atomic E-state index is 0.339. The number of benzene rings is 1. The first-order chi connectivity index (χ1) is 12.7. The first-order valence-electron chi connectivity index (χ1n) is 9.51. The Bertz CT molecular complexity index is 754. The predicted octanol–water partition coefficient (Wildman–Crippen LogP) is 2.46. The maximum Gasteiger partial charge on any atom is 0.0810 e. The largest absolute Gasteiger partial charge is 0.381 e. The highest BCUT2D eigenvalue weighted by Gasteiger charge is 2.27. The average Bonchev–Trinajstić information content (AvgIpc) is 3.29. The number of nitrogens with zero attached hydrogens (tertiary/aromatic N) is 2. The Morgan fingerprint density at radius 1 is 1.42 bits per heavy atom. The van der Waals surface area contributed by atoms with Crippen molar-refractivity contribution in [2.24, 2.45) is 13.0 Å². The number of halogens is 1. The van der Waals surface area contributed by atoms with Crippen molar-refractivity contribution < 1.29 is 4.74 Å². The number of ether oxygens (including phenoxy) is 1. The van der Waals surface area contributed by atoms with Crippen molar-refractivity contribution in [1.29, 1.82) is 0 Å². The molecule has 2 atom stereocenters. The summed E-state index contributed by atoms with van der Waals surface area (Å²) in [7, 11) is 2.06. The molecule has 1 aromatic carbocycles. The summed E-state index contributed by atoms with van der Waals surface area (Å²) in [5.74, 6) is 0.518. The summed E-state index contributed by atoms with van der Waals surface area (Å²) < 4.78 is 7.70. The van der Waals surface area contributed by atoms with Crippen LogP contribution < -0.4 is 10.6 Å². The van der Waals surface area contributed by atoms with Crippen molar-refractivity contribution in [3.63, 3.8) is 0 Å². The van der Waals surface area contributed by atoms with E-state index < -0.39 is 0 Å². The lowest BCUT2D eigenvalue weighted by Gasteiger charge is -2.24. The molecule has 26 heavy (non-hydrogen) atoms. The fourth-order valence-corrected chi connectivity index (χ4v) is 4.36. The summed E-state index contributed by atoms with van der Waals surface area (Å²) in [4.78, 5) is 0. The third kappa shape index (κ3) is 3.81. The molecule has 6 heteroatoms. The SMILES string of the molecule is Cn1nc(CNC(Cc2ccccc2Cl)C2CCOC2)c2c1CCNC2. The summed E-state index contributed by atoms with van der Waals surface area (Å²) in [6.45, 7) is 4.42. The van der Waals surface area contributed by atoms with Crippen molar-refractivity contribution in [1.82, 2.24) is 20.4 Å². The van der Waals surface area contributed by atoms with Crippen LogP contribution in [0.15, 0.2) is 24.3 Å². The van der Waals surface area contributed by atoms with E-state index in [-0.39, 0.29) is 0 Å². The van der Waals surface area contributed by atoms with Gasteiger partial charge in [0, 0.05) is 67.9 Å². The number of aromatic nitrogens is 2. The zero-order valence-corrected chi connectivity index (χ0v) is 16.1. The smallest absolute Gasteiger partial charge is 0.0810 e. The van der Waals surface area contributed by atoms with E-state index in [1.807, 2.05) is 12.1 Å². The normalized spacial score (nSPS) is 20.9. The molecule has 140 valence electrons. The van der Waals surface area contributed by atoms with Crippen LogP contribution in [0.2, 0.25) is 5.02 Å². The molecule has 1 saturated heterocycles. The molecule has 2 aliphatic heterocycles. The molecular formula is C20H27ClN4O. The van der Waals surface area contributed by atoms with Gasteiger partial charge >= 0.3 is 0 Å². The van der Waals surface area contributed by atoms with Gasteiger partial charge in [-0.15, -0.1) is 0 Å². The van der Waals surface area contributed by atoms with E-state index in [1.54, 1.807) is 0 Å². The topological polar surface area (TPSA) is 51.1 Å². The molecule has 2 aromatic rings. The van der Waals surface area contributed by atoms with Crippen molar-refractivity contribution >= 4 is 11.6 Å². The molecule has 2 N–H and O–H groups in total. The number of aryl methyl sites for hydroxylation is 1. The van der Waals surface area contributed by atoms with Gasteiger partial charge < -0.3 is 15.4 Å². The summed E-state index contributed by atoms with van der Waals surface area (Å²) in [5.41, 5.74) is 5.10. The Morgan fingerprint density at radius 3 is 3.12 bits per heavy atom. The van der Waals surface area contributed by atoms with Crippen LogP contribution in [0.1, 0.15) is 28.9 Å². The predicted molar refractivity (Wildman–Crippen MR) is 103 cm³/mol. The van der Waals surface area contributed by atoms with Gasteiger partial charge in [0.1, 0.15) is 0 Å². The highest BCUT2D eigenvalue weighted by Crippen LogP contribution is 2.24. The van der Waals surface area contributed by atoms with E-state index in [9.17, 15) is 0 Å². The zero-order valence-electron chi connectivity index (χ0n) is 15.3. The van der Waals surface area contributed by atoms with E-state index in [1.165, 1.54) is 16.8 Å². The molecule has 2 unspecified atom stereocenters. The Balaban J connectivity index is 1.49. The standard InChI is InChI=1S/C20H27ClN4O/c1-25-20-6-8-22-11-16(20)19(24-25)12-23-18(15-7-9-26-13-15)10-14-4-2-3-5-17(14)21/h2-5,15,18,22-23H,6-13H2,1H3. The van der Waals surface area contributed by atoms with E-state index in [0.29, 0.717) is 12.0 Å². The second-order valence-electron chi connectivity index (χ2n) is 7.33. The summed E-state index contributed by atoms with van der Waals surface area (Å²) in [5, 5.41) is 12.9. The number of hydrogen-bond acceptors (Lipinski definition) is 4. The molecule has 0 saturated carbocycles. The summed E-state index contributed by atoms with van der Waals surface area (Å²) in [6.07, 6.45) is 3.07. The van der Waals surface area contributed by atoms with Crippen LogP contribution in [0, 0.1) is 5.92 Å². The van der Waals surface area contributed by atoms with E-state index in [4.69, 9.17) is 21.4 Å². The Kier molecular flexibility index (Phi) is 5.60. The van der Waals surface area contributed by atoms with Crippen LogP contribution in [0.25, 0.3) is 0 Å². The van der Waals surface area contributed by atoms with E-state index in [2.05, 4.69) is 34.5 Å². The molecule has 5 nitrogen and oxygen atoms in total. The lowest BCUT2D eigenvalue weighted by molar-refractivity contribution is 0.176. The van der Waals surface area contributed by atoms with Gasteiger partial charge in [0.05, 0.1) is 12.3 Å². The van der Waals surface area contributed by atoms with Crippen LogP contribution in [-0.2, 0) is 37.7 Å². The van der Waals surface area contributed by atoms with Crippen LogP contribution >= 0.6 is 11.6 Å². The molecule has 3 heterocycles. The van der Waals surface area contributed by atoms with Crippen molar-refractivity contribution in [3.8, 4) is 0 Å². The molecule has 2 aliphatic rings. The Hall–Kier alpha value is -1.40. The van der Waals surface area contributed by atoms with E-state index >= 15 is 0 Å². The van der Waals surface area contributed by atoms with Crippen molar-refractivity contribution in [2.75, 3.05) is 19.8 Å². The molecular weight excluding hydrogens is 348 g/mol. The Labute approximate surface area is 160 Å². The lowest BCUT2D eigenvalue weighted by Crippen LogP contribution is -2.38. The summed E-state index contributed by atoms with van der Waals surface area (Å²) >= 11 is 6.41. The van der Waals surface area contributed by atoms with Gasteiger partial charge in [-0.25, -0.2) is 0 Å². The second-order valence-corrected chi connectivity index (χ2v) is 7.74. The second kappa shape index (κ2) is 8.09. The van der Waals surface area contributed by atoms with Gasteiger partial charge in [0.15, 0.2) is 0 Å². The molecule has 0 spiro atoms. The molecule has 0 radical (unpaired) electrons. The van der Waals surface area contributed by atoms with Gasteiger partial charge in [-0.2, -0.15) is 5.10 Å². The maximum absolute atomic E-state index is 6.41.